The molecule has 6 nitrogen and oxygen atoms in total. The topological polar surface area (TPSA) is 75.7 Å². The summed E-state index contributed by atoms with van der Waals surface area (Å²) in [5.41, 5.74) is 0.788. The first kappa shape index (κ1) is 21.3. The molecule has 9 heteroatoms. The quantitative estimate of drug-likeness (QED) is 0.703. The number of hydrogen-bond acceptors (Lipinski definition) is 4. The molecule has 0 bridgehead atoms. The lowest BCUT2D eigenvalue weighted by atomic mass is 10.2. The van der Waals surface area contributed by atoms with Crippen molar-refractivity contribution in [2.45, 2.75) is 31.0 Å². The first-order valence-corrected chi connectivity index (χ1v) is 11.3. The smallest absolute Gasteiger partial charge is 0.255 e. The Bertz CT molecular complexity index is 989. The van der Waals surface area contributed by atoms with Crippen molar-refractivity contribution in [3.63, 3.8) is 0 Å². The standard InChI is InChI=1S/C19H20BrClN2O4S/c1-12-10-23(11-13(2)27-12)28(25,26)18-9-14(7-8-16(18)21)19(24)22-17-6-4-3-5-15(17)20/h3-9,12-13H,10-11H2,1-2H3,(H,22,24). The molecule has 150 valence electrons. The molecule has 2 unspecified atom stereocenters. The predicted octanol–water partition coefficient (Wildman–Crippen LogP) is 4.15. The van der Waals surface area contributed by atoms with Crippen LogP contribution < -0.4 is 5.32 Å². The monoisotopic (exact) mass is 486 g/mol. The average molecular weight is 488 g/mol. The molecule has 0 aromatic heterocycles. The third-order valence-corrected chi connectivity index (χ3v) is 7.32. The summed E-state index contributed by atoms with van der Waals surface area (Å²) in [6, 6.07) is 11.4. The number of sulfonamides is 1. The largest absolute Gasteiger partial charge is 0.373 e. The number of nitrogens with one attached hydrogen (secondary N) is 1. The SMILES string of the molecule is CC1CN(S(=O)(=O)c2cc(C(=O)Nc3ccccc3Br)ccc2Cl)CC(C)O1. The number of carbonyl (C=O) groups excluding carboxylic acids is 1. The van der Waals surface area contributed by atoms with Crippen molar-refractivity contribution in [2.75, 3.05) is 18.4 Å². The van der Waals surface area contributed by atoms with Gasteiger partial charge in [-0.15, -0.1) is 0 Å². The highest BCUT2D eigenvalue weighted by molar-refractivity contribution is 9.10. The van der Waals surface area contributed by atoms with Gasteiger partial charge in [0, 0.05) is 23.1 Å². The maximum absolute atomic E-state index is 13.1. The molecule has 0 spiro atoms. The molecule has 28 heavy (non-hydrogen) atoms. The number of hydrogen-bond donors (Lipinski definition) is 1. The van der Waals surface area contributed by atoms with Crippen LogP contribution >= 0.6 is 27.5 Å². The molecule has 1 saturated heterocycles. The molecule has 1 heterocycles. The van der Waals surface area contributed by atoms with Crippen LogP contribution in [-0.4, -0.2) is 43.9 Å². The fraction of sp³-hybridized carbons (Fsp3) is 0.316. The number of benzene rings is 2. The van der Waals surface area contributed by atoms with Crippen LogP contribution in [0.1, 0.15) is 24.2 Å². The Morgan fingerprint density at radius 3 is 2.46 bits per heavy atom. The van der Waals surface area contributed by atoms with Gasteiger partial charge in [-0.1, -0.05) is 23.7 Å². The van der Waals surface area contributed by atoms with Crippen LogP contribution in [0, 0.1) is 0 Å². The van der Waals surface area contributed by atoms with Crippen LogP contribution in [0.2, 0.25) is 5.02 Å². The molecular weight excluding hydrogens is 468 g/mol. The lowest BCUT2D eigenvalue weighted by Gasteiger charge is -2.34. The highest BCUT2D eigenvalue weighted by Gasteiger charge is 2.33. The second kappa shape index (κ2) is 8.51. The second-order valence-corrected chi connectivity index (χ2v) is 9.83. The van der Waals surface area contributed by atoms with Gasteiger partial charge in [-0.2, -0.15) is 4.31 Å². The zero-order valence-corrected chi connectivity index (χ0v) is 18.5. The number of carbonyl (C=O) groups is 1. The van der Waals surface area contributed by atoms with Crippen LogP contribution in [0.3, 0.4) is 0 Å². The normalized spacial score (nSPS) is 20.7. The molecule has 1 aliphatic heterocycles. The molecule has 2 atom stereocenters. The van der Waals surface area contributed by atoms with Crippen LogP contribution in [0.25, 0.3) is 0 Å². The summed E-state index contributed by atoms with van der Waals surface area (Å²) in [7, 11) is -3.86. The van der Waals surface area contributed by atoms with Crippen molar-refractivity contribution >= 4 is 49.1 Å². The molecule has 1 aliphatic rings. The van der Waals surface area contributed by atoms with E-state index >= 15 is 0 Å². The Labute approximate surface area is 178 Å². The fourth-order valence-corrected chi connectivity index (χ4v) is 5.54. The fourth-order valence-electron chi connectivity index (χ4n) is 3.07. The molecular formula is C19H20BrClN2O4S. The number of amides is 1. The number of para-hydroxylation sites is 1. The maximum Gasteiger partial charge on any atom is 0.255 e. The zero-order valence-electron chi connectivity index (χ0n) is 15.4. The number of anilines is 1. The van der Waals surface area contributed by atoms with E-state index in [2.05, 4.69) is 21.2 Å². The molecule has 1 N–H and O–H groups in total. The van der Waals surface area contributed by atoms with E-state index < -0.39 is 15.9 Å². The number of halogens is 2. The van der Waals surface area contributed by atoms with Crippen molar-refractivity contribution < 1.29 is 17.9 Å². The predicted molar refractivity (Wildman–Crippen MR) is 112 cm³/mol. The van der Waals surface area contributed by atoms with Gasteiger partial charge in [0.05, 0.1) is 22.9 Å². The molecule has 0 aliphatic carbocycles. The Balaban J connectivity index is 1.91. The zero-order chi connectivity index (χ0) is 20.5. The molecule has 0 saturated carbocycles. The number of rotatable bonds is 4. The van der Waals surface area contributed by atoms with Crippen molar-refractivity contribution in [1.29, 1.82) is 0 Å². The minimum atomic E-state index is -3.86. The summed E-state index contributed by atoms with van der Waals surface area (Å²) >= 11 is 9.55. The lowest BCUT2D eigenvalue weighted by molar-refractivity contribution is -0.0440. The Kier molecular flexibility index (Phi) is 6.46. The van der Waals surface area contributed by atoms with Gasteiger partial charge in [-0.05, 0) is 60.1 Å². The van der Waals surface area contributed by atoms with Gasteiger partial charge in [0.2, 0.25) is 10.0 Å². The lowest BCUT2D eigenvalue weighted by Crippen LogP contribution is -2.48. The van der Waals surface area contributed by atoms with Crippen LogP contribution in [0.4, 0.5) is 5.69 Å². The van der Waals surface area contributed by atoms with E-state index in [9.17, 15) is 13.2 Å². The van der Waals surface area contributed by atoms with E-state index in [4.69, 9.17) is 16.3 Å². The molecule has 1 amide bonds. The minimum Gasteiger partial charge on any atom is -0.373 e. The van der Waals surface area contributed by atoms with Gasteiger partial charge in [0.25, 0.3) is 5.91 Å². The van der Waals surface area contributed by atoms with Crippen LogP contribution in [-0.2, 0) is 14.8 Å². The van der Waals surface area contributed by atoms with E-state index in [0.29, 0.717) is 5.69 Å². The van der Waals surface area contributed by atoms with Gasteiger partial charge < -0.3 is 10.1 Å². The number of ether oxygens (including phenoxy) is 1. The highest BCUT2D eigenvalue weighted by atomic mass is 79.9. The van der Waals surface area contributed by atoms with E-state index in [1.54, 1.807) is 18.2 Å². The van der Waals surface area contributed by atoms with Crippen molar-refractivity contribution in [1.82, 2.24) is 4.31 Å². The highest BCUT2D eigenvalue weighted by Crippen LogP contribution is 2.29. The van der Waals surface area contributed by atoms with E-state index in [1.807, 2.05) is 19.9 Å². The molecule has 0 radical (unpaired) electrons. The molecule has 1 fully saturated rings. The van der Waals surface area contributed by atoms with Crippen molar-refractivity contribution in [3.05, 3.63) is 57.5 Å². The summed E-state index contributed by atoms with van der Waals surface area (Å²) in [6.07, 6.45) is -0.446. The summed E-state index contributed by atoms with van der Waals surface area (Å²) in [5, 5.41) is 2.83. The van der Waals surface area contributed by atoms with Crippen LogP contribution in [0.15, 0.2) is 51.8 Å². The summed E-state index contributed by atoms with van der Waals surface area (Å²) < 4.78 is 33.9. The summed E-state index contributed by atoms with van der Waals surface area (Å²) in [6.45, 7) is 4.11. The van der Waals surface area contributed by atoms with Crippen molar-refractivity contribution in [3.8, 4) is 0 Å². The first-order chi connectivity index (χ1) is 13.2. The van der Waals surface area contributed by atoms with E-state index in [-0.39, 0.29) is 40.8 Å². The average Bonchev–Trinajstić information content (AvgIpc) is 2.63. The third kappa shape index (κ3) is 4.58. The van der Waals surface area contributed by atoms with E-state index in [1.165, 1.54) is 22.5 Å². The Morgan fingerprint density at radius 2 is 1.82 bits per heavy atom. The maximum atomic E-state index is 13.1. The van der Waals surface area contributed by atoms with Gasteiger partial charge >= 0.3 is 0 Å². The van der Waals surface area contributed by atoms with E-state index in [0.717, 1.165) is 4.47 Å². The van der Waals surface area contributed by atoms with Crippen molar-refractivity contribution in [2.24, 2.45) is 0 Å². The Morgan fingerprint density at radius 1 is 1.18 bits per heavy atom. The summed E-state index contributed by atoms with van der Waals surface area (Å²) in [4.78, 5) is 12.5. The first-order valence-electron chi connectivity index (χ1n) is 8.69. The number of nitrogens with zero attached hydrogens (tertiary/aromatic N) is 1. The van der Waals surface area contributed by atoms with Crippen LogP contribution in [0.5, 0.6) is 0 Å². The van der Waals surface area contributed by atoms with Gasteiger partial charge in [0.15, 0.2) is 0 Å². The van der Waals surface area contributed by atoms with Gasteiger partial charge in [0.1, 0.15) is 4.90 Å². The minimum absolute atomic E-state index is 0.0734. The molecule has 2 aromatic rings. The van der Waals surface area contributed by atoms with Gasteiger partial charge in [-0.25, -0.2) is 8.42 Å². The third-order valence-electron chi connectivity index (χ3n) is 4.32. The Hall–Kier alpha value is -1.45. The second-order valence-electron chi connectivity index (χ2n) is 6.66. The van der Waals surface area contributed by atoms with Gasteiger partial charge in [-0.3, -0.25) is 4.79 Å². The molecule has 2 aromatic carbocycles. The number of morpholine rings is 1. The summed E-state index contributed by atoms with van der Waals surface area (Å²) in [5.74, 6) is -0.427. The molecule has 3 rings (SSSR count).